The maximum Gasteiger partial charge on any atom is 0.0655 e. The van der Waals surface area contributed by atoms with Gasteiger partial charge in [0.15, 0.2) is 0 Å². The molecule has 0 aromatic carbocycles. The quantitative estimate of drug-likeness (QED) is 0.756. The molecule has 2 fully saturated rings. The average Bonchev–Trinajstić information content (AvgIpc) is 2.66. The van der Waals surface area contributed by atoms with Gasteiger partial charge in [0.25, 0.3) is 0 Å². The fraction of sp³-hybridized carbons (Fsp3) is 1.00. The molecule has 1 N–H and O–H groups in total. The largest absolute Gasteiger partial charge is 0.378 e. The molecule has 2 aliphatic carbocycles. The molecule has 0 aliphatic heterocycles. The Morgan fingerprint density at radius 2 is 1.79 bits per heavy atom. The normalized spacial score (nSPS) is 33.5. The number of rotatable bonds is 5. The third kappa shape index (κ3) is 3.52. The highest BCUT2D eigenvalue weighted by atomic mass is 16.5. The van der Waals surface area contributed by atoms with Gasteiger partial charge in [-0.3, -0.25) is 0 Å². The summed E-state index contributed by atoms with van der Waals surface area (Å²) in [5, 5.41) is 3.91. The van der Waals surface area contributed by atoms with Crippen molar-refractivity contribution in [2.75, 3.05) is 6.61 Å². The average molecular weight is 267 g/mol. The van der Waals surface area contributed by atoms with Crippen LogP contribution in [-0.4, -0.2) is 24.8 Å². The monoisotopic (exact) mass is 267 g/mol. The number of nitrogens with one attached hydrogen (secondary N) is 1. The highest BCUT2D eigenvalue weighted by Crippen LogP contribution is 2.43. The maximum absolute atomic E-state index is 5.83. The van der Waals surface area contributed by atoms with Crippen molar-refractivity contribution in [2.45, 2.75) is 90.8 Å². The molecule has 0 aromatic heterocycles. The first-order chi connectivity index (χ1) is 9.05. The second-order valence-electron chi connectivity index (χ2n) is 7.26. The Labute approximate surface area is 119 Å². The lowest BCUT2D eigenvalue weighted by molar-refractivity contribution is -0.117. The minimum absolute atomic E-state index is 0.301. The molecule has 0 spiro atoms. The van der Waals surface area contributed by atoms with Crippen LogP contribution in [0.4, 0.5) is 0 Å². The zero-order valence-electron chi connectivity index (χ0n) is 13.4. The molecule has 2 aliphatic rings. The van der Waals surface area contributed by atoms with E-state index in [4.69, 9.17) is 4.74 Å². The molecular weight excluding hydrogens is 234 g/mol. The van der Waals surface area contributed by atoms with E-state index >= 15 is 0 Å². The molecule has 112 valence electrons. The van der Waals surface area contributed by atoms with Gasteiger partial charge in [0.05, 0.1) is 6.10 Å². The number of hydrogen-bond donors (Lipinski definition) is 1. The molecule has 0 bridgehead atoms. The summed E-state index contributed by atoms with van der Waals surface area (Å²) < 4.78 is 5.83. The second kappa shape index (κ2) is 6.58. The van der Waals surface area contributed by atoms with E-state index in [0.717, 1.165) is 12.5 Å². The van der Waals surface area contributed by atoms with Crippen LogP contribution in [0.1, 0.15) is 72.6 Å². The van der Waals surface area contributed by atoms with E-state index in [-0.39, 0.29) is 0 Å². The molecule has 2 heteroatoms. The molecule has 2 rings (SSSR count). The van der Waals surface area contributed by atoms with Crippen molar-refractivity contribution in [3.8, 4) is 0 Å². The molecule has 2 nitrogen and oxygen atoms in total. The van der Waals surface area contributed by atoms with Gasteiger partial charge in [0, 0.05) is 24.1 Å². The fourth-order valence-corrected chi connectivity index (χ4v) is 3.92. The van der Waals surface area contributed by atoms with Crippen LogP contribution in [0, 0.1) is 11.3 Å². The summed E-state index contributed by atoms with van der Waals surface area (Å²) in [7, 11) is 0. The molecule has 0 saturated heterocycles. The first-order valence-corrected chi connectivity index (χ1v) is 8.43. The van der Waals surface area contributed by atoms with E-state index in [1.165, 1.54) is 44.9 Å². The fourth-order valence-electron chi connectivity index (χ4n) is 3.92. The third-order valence-corrected chi connectivity index (χ3v) is 5.62. The second-order valence-corrected chi connectivity index (χ2v) is 7.26. The van der Waals surface area contributed by atoms with Crippen LogP contribution in [0.25, 0.3) is 0 Å². The molecule has 19 heavy (non-hydrogen) atoms. The minimum Gasteiger partial charge on any atom is -0.378 e. The van der Waals surface area contributed by atoms with E-state index < -0.39 is 0 Å². The minimum atomic E-state index is 0.301. The Hall–Kier alpha value is -0.0800. The van der Waals surface area contributed by atoms with Crippen LogP contribution in [0.3, 0.4) is 0 Å². The summed E-state index contributed by atoms with van der Waals surface area (Å²) in [5.74, 6) is 0.893. The number of ether oxygens (including phenoxy) is 1. The van der Waals surface area contributed by atoms with Crippen molar-refractivity contribution in [3.05, 3.63) is 0 Å². The van der Waals surface area contributed by atoms with Crippen molar-refractivity contribution in [2.24, 2.45) is 11.3 Å². The molecule has 0 aromatic rings. The molecule has 0 heterocycles. The van der Waals surface area contributed by atoms with Gasteiger partial charge in [0.2, 0.25) is 0 Å². The van der Waals surface area contributed by atoms with E-state index in [0.29, 0.717) is 23.6 Å². The van der Waals surface area contributed by atoms with Gasteiger partial charge < -0.3 is 10.1 Å². The lowest BCUT2D eigenvalue weighted by atomic mass is 9.64. The standard InChI is InChI=1S/C17H33NO/c1-5-19-16-12-15(17(16,3)4)18-13(2)14-10-8-6-7-9-11-14/h13-16,18H,5-12H2,1-4H3/t13-,15?,16?/m0/s1. The van der Waals surface area contributed by atoms with Crippen LogP contribution in [0.15, 0.2) is 0 Å². The van der Waals surface area contributed by atoms with Gasteiger partial charge in [0.1, 0.15) is 0 Å². The summed E-state index contributed by atoms with van der Waals surface area (Å²) >= 11 is 0. The van der Waals surface area contributed by atoms with Crippen LogP contribution < -0.4 is 5.32 Å². The summed E-state index contributed by atoms with van der Waals surface area (Å²) in [4.78, 5) is 0. The highest BCUT2D eigenvalue weighted by molar-refractivity contribution is 5.03. The van der Waals surface area contributed by atoms with Gasteiger partial charge in [-0.1, -0.05) is 39.5 Å². The SMILES string of the molecule is CCOC1CC(N[C@@H](C)C2CCCCCC2)C1(C)C. The lowest BCUT2D eigenvalue weighted by Gasteiger charge is -2.53. The lowest BCUT2D eigenvalue weighted by Crippen LogP contribution is -2.63. The van der Waals surface area contributed by atoms with Gasteiger partial charge in [-0.05, 0) is 39.0 Å². The van der Waals surface area contributed by atoms with Crippen LogP contribution in [-0.2, 0) is 4.74 Å². The van der Waals surface area contributed by atoms with E-state index in [1.807, 2.05) is 0 Å². The van der Waals surface area contributed by atoms with Gasteiger partial charge in [-0.15, -0.1) is 0 Å². The Bertz CT molecular complexity index is 268. The van der Waals surface area contributed by atoms with Crippen molar-refractivity contribution < 1.29 is 4.74 Å². The molecule has 2 unspecified atom stereocenters. The molecular formula is C17H33NO. The summed E-state index contributed by atoms with van der Waals surface area (Å²) in [6.07, 6.45) is 10.3. The smallest absolute Gasteiger partial charge is 0.0655 e. The van der Waals surface area contributed by atoms with Crippen molar-refractivity contribution >= 4 is 0 Å². The first-order valence-electron chi connectivity index (χ1n) is 8.43. The molecule has 2 saturated carbocycles. The summed E-state index contributed by atoms with van der Waals surface area (Å²) in [5.41, 5.74) is 0.301. The molecule has 0 radical (unpaired) electrons. The van der Waals surface area contributed by atoms with Crippen LogP contribution in [0.2, 0.25) is 0 Å². The summed E-state index contributed by atoms with van der Waals surface area (Å²) in [6.45, 7) is 10.1. The highest BCUT2D eigenvalue weighted by Gasteiger charge is 2.49. The van der Waals surface area contributed by atoms with Gasteiger partial charge in [-0.25, -0.2) is 0 Å². The van der Waals surface area contributed by atoms with E-state index in [2.05, 4.69) is 33.0 Å². The maximum atomic E-state index is 5.83. The zero-order chi connectivity index (χ0) is 13.9. The van der Waals surface area contributed by atoms with Gasteiger partial charge >= 0.3 is 0 Å². The predicted octanol–water partition coefficient (Wildman–Crippen LogP) is 4.14. The predicted molar refractivity (Wildman–Crippen MR) is 81.4 cm³/mol. The zero-order valence-corrected chi connectivity index (χ0v) is 13.4. The Morgan fingerprint density at radius 3 is 2.32 bits per heavy atom. The first kappa shape index (κ1) is 15.3. The molecule has 3 atom stereocenters. The van der Waals surface area contributed by atoms with Crippen molar-refractivity contribution in [1.82, 2.24) is 5.32 Å². The van der Waals surface area contributed by atoms with E-state index in [9.17, 15) is 0 Å². The Morgan fingerprint density at radius 1 is 1.16 bits per heavy atom. The third-order valence-electron chi connectivity index (χ3n) is 5.62. The summed E-state index contributed by atoms with van der Waals surface area (Å²) in [6, 6.07) is 1.31. The van der Waals surface area contributed by atoms with Crippen molar-refractivity contribution in [3.63, 3.8) is 0 Å². The van der Waals surface area contributed by atoms with E-state index in [1.54, 1.807) is 0 Å². The topological polar surface area (TPSA) is 21.3 Å². The molecule has 0 amide bonds. The van der Waals surface area contributed by atoms with Crippen LogP contribution >= 0.6 is 0 Å². The Kier molecular flexibility index (Phi) is 5.30. The van der Waals surface area contributed by atoms with Crippen molar-refractivity contribution in [1.29, 1.82) is 0 Å². The Balaban J connectivity index is 1.81. The van der Waals surface area contributed by atoms with Gasteiger partial charge in [-0.2, -0.15) is 0 Å². The van der Waals surface area contributed by atoms with Crippen LogP contribution in [0.5, 0.6) is 0 Å². The number of hydrogen-bond acceptors (Lipinski definition) is 2.